The maximum absolute atomic E-state index is 13.9. The quantitative estimate of drug-likeness (QED) is 0.125. The summed E-state index contributed by atoms with van der Waals surface area (Å²) in [6.45, 7) is 3.00. The standard InChI is InChI=1S/C31H30ClN5O9S/c1-18(2)45-36-26(22-17-47-30(34-22)35-23(38)15-32)27(40)33-21-16-43-37(28(21)41)46-29(42)31(14-13-24(39)44-31)25(19-9-5-3-6-10-19)20-11-7-4-8-12-20/h3-12,17-18,21,25H,13-16H2,1-2H3,(H,33,40)(H,34,35,38)/t21-,31?/m0/s1. The molecule has 2 atom stereocenters. The number of alkyl halides is 1. The van der Waals surface area contributed by atoms with E-state index in [0.717, 1.165) is 11.3 Å². The number of amides is 3. The van der Waals surface area contributed by atoms with Gasteiger partial charge in [0.1, 0.15) is 30.3 Å². The summed E-state index contributed by atoms with van der Waals surface area (Å²) in [5, 5.41) is 10.9. The van der Waals surface area contributed by atoms with Gasteiger partial charge in [-0.05, 0) is 30.2 Å². The normalized spacial score (nSPS) is 19.6. The van der Waals surface area contributed by atoms with Gasteiger partial charge in [-0.25, -0.2) is 14.6 Å². The SMILES string of the molecule is CC(C)ON=C(C(=O)N[C@H]1CON(OC(=O)C2(C(c3ccccc3)c3ccccc3)CCC(=O)O2)C1=O)c1csc(NC(=O)CCl)n1. The summed E-state index contributed by atoms with van der Waals surface area (Å²) in [5.41, 5.74) is -0.667. The van der Waals surface area contributed by atoms with Crippen LogP contribution in [0.2, 0.25) is 0 Å². The van der Waals surface area contributed by atoms with Crippen molar-refractivity contribution in [1.29, 1.82) is 0 Å². The molecule has 5 rings (SSSR count). The van der Waals surface area contributed by atoms with Crippen molar-refractivity contribution in [1.82, 2.24) is 15.5 Å². The number of carbonyl (C=O) groups is 5. The second-order valence-electron chi connectivity index (χ2n) is 10.7. The minimum atomic E-state index is -1.82. The van der Waals surface area contributed by atoms with Gasteiger partial charge in [0.2, 0.25) is 11.5 Å². The molecule has 14 nitrogen and oxygen atoms in total. The van der Waals surface area contributed by atoms with Gasteiger partial charge in [0.15, 0.2) is 10.8 Å². The number of benzene rings is 2. The third-order valence-electron chi connectivity index (χ3n) is 7.07. The summed E-state index contributed by atoms with van der Waals surface area (Å²) in [7, 11) is 0. The lowest BCUT2D eigenvalue weighted by Gasteiger charge is -2.34. The van der Waals surface area contributed by atoms with Crippen molar-refractivity contribution in [2.75, 3.05) is 17.8 Å². The highest BCUT2D eigenvalue weighted by Crippen LogP contribution is 2.45. The van der Waals surface area contributed by atoms with Crippen LogP contribution >= 0.6 is 22.9 Å². The summed E-state index contributed by atoms with van der Waals surface area (Å²) in [4.78, 5) is 85.0. The Kier molecular flexibility index (Phi) is 10.5. The number of oxime groups is 1. The van der Waals surface area contributed by atoms with Gasteiger partial charge >= 0.3 is 17.8 Å². The minimum absolute atomic E-state index is 0.0159. The van der Waals surface area contributed by atoms with E-state index in [1.54, 1.807) is 62.4 Å². The Balaban J connectivity index is 1.34. The predicted molar refractivity (Wildman–Crippen MR) is 168 cm³/mol. The summed E-state index contributed by atoms with van der Waals surface area (Å²) < 4.78 is 5.73. The molecule has 0 radical (unpaired) electrons. The first-order valence-corrected chi connectivity index (χ1v) is 15.9. The van der Waals surface area contributed by atoms with Gasteiger partial charge in [-0.2, -0.15) is 0 Å². The van der Waals surface area contributed by atoms with Gasteiger partial charge < -0.3 is 25.0 Å². The second kappa shape index (κ2) is 14.7. The molecule has 47 heavy (non-hydrogen) atoms. The van der Waals surface area contributed by atoms with E-state index in [2.05, 4.69) is 20.8 Å². The fourth-order valence-electron chi connectivity index (χ4n) is 4.99. The Morgan fingerprint density at radius 2 is 1.77 bits per heavy atom. The largest absolute Gasteiger partial charge is 0.446 e. The summed E-state index contributed by atoms with van der Waals surface area (Å²) in [6, 6.07) is 16.8. The first-order chi connectivity index (χ1) is 22.6. The summed E-state index contributed by atoms with van der Waals surface area (Å²) >= 11 is 6.56. The van der Waals surface area contributed by atoms with Crippen LogP contribution in [0.5, 0.6) is 0 Å². The van der Waals surface area contributed by atoms with Gasteiger partial charge in [-0.15, -0.1) is 22.9 Å². The van der Waals surface area contributed by atoms with Crippen LogP contribution in [-0.4, -0.2) is 75.8 Å². The van der Waals surface area contributed by atoms with E-state index in [4.69, 9.17) is 30.9 Å². The molecule has 2 aliphatic rings. The van der Waals surface area contributed by atoms with Crippen molar-refractivity contribution >= 4 is 63.4 Å². The Hall–Kier alpha value is -4.86. The Labute approximate surface area is 277 Å². The number of carbonyl (C=O) groups excluding carboxylic acids is 5. The van der Waals surface area contributed by atoms with Crippen LogP contribution < -0.4 is 10.6 Å². The van der Waals surface area contributed by atoms with E-state index in [1.165, 1.54) is 5.38 Å². The first-order valence-electron chi connectivity index (χ1n) is 14.5. The molecule has 2 aromatic carbocycles. The molecule has 2 aliphatic heterocycles. The van der Waals surface area contributed by atoms with Gasteiger partial charge in [-0.1, -0.05) is 65.8 Å². The van der Waals surface area contributed by atoms with E-state index in [1.807, 2.05) is 12.1 Å². The lowest BCUT2D eigenvalue weighted by Crippen LogP contribution is -2.50. The molecule has 1 unspecified atom stereocenters. The maximum atomic E-state index is 13.9. The van der Waals surface area contributed by atoms with Gasteiger partial charge in [0.05, 0.1) is 5.92 Å². The van der Waals surface area contributed by atoms with Crippen molar-refractivity contribution < 1.29 is 43.2 Å². The number of anilines is 1. The zero-order valence-corrected chi connectivity index (χ0v) is 26.8. The second-order valence-corrected chi connectivity index (χ2v) is 11.9. The number of cyclic esters (lactones) is 1. The van der Waals surface area contributed by atoms with Crippen molar-refractivity contribution in [3.63, 3.8) is 0 Å². The molecule has 0 saturated carbocycles. The highest BCUT2D eigenvalue weighted by atomic mass is 35.5. The monoisotopic (exact) mass is 683 g/mol. The highest BCUT2D eigenvalue weighted by Gasteiger charge is 2.57. The third kappa shape index (κ3) is 7.59. The Morgan fingerprint density at radius 3 is 2.34 bits per heavy atom. The molecule has 3 aromatic rings. The van der Waals surface area contributed by atoms with Crippen LogP contribution in [0, 0.1) is 0 Å². The smallest absolute Gasteiger partial charge is 0.379 e. The molecule has 0 spiro atoms. The maximum Gasteiger partial charge on any atom is 0.379 e. The average molecular weight is 684 g/mol. The lowest BCUT2D eigenvalue weighted by molar-refractivity contribution is -0.310. The van der Waals surface area contributed by atoms with Crippen molar-refractivity contribution in [3.05, 3.63) is 82.9 Å². The average Bonchev–Trinajstić information content (AvgIpc) is 3.78. The number of thiazole rings is 1. The molecule has 2 fully saturated rings. The fourth-order valence-corrected chi connectivity index (χ4v) is 5.77. The predicted octanol–water partition coefficient (Wildman–Crippen LogP) is 3.07. The van der Waals surface area contributed by atoms with Crippen LogP contribution in [0.1, 0.15) is 49.4 Å². The number of nitrogens with zero attached hydrogens (tertiary/aromatic N) is 3. The number of rotatable bonds is 12. The zero-order valence-electron chi connectivity index (χ0n) is 25.2. The van der Waals surface area contributed by atoms with E-state index in [0.29, 0.717) is 16.4 Å². The van der Waals surface area contributed by atoms with Crippen LogP contribution in [0.3, 0.4) is 0 Å². The van der Waals surface area contributed by atoms with E-state index < -0.39 is 59.9 Å². The Morgan fingerprint density at radius 1 is 1.11 bits per heavy atom. The van der Waals surface area contributed by atoms with Crippen LogP contribution in [0.4, 0.5) is 5.13 Å². The number of hydrogen-bond donors (Lipinski definition) is 2. The third-order valence-corrected chi connectivity index (χ3v) is 8.07. The van der Waals surface area contributed by atoms with Gasteiger partial charge in [0, 0.05) is 18.2 Å². The van der Waals surface area contributed by atoms with Crippen molar-refractivity contribution in [2.24, 2.45) is 5.16 Å². The topological polar surface area (TPSA) is 175 Å². The molecule has 1 aromatic heterocycles. The molecule has 0 bridgehead atoms. The minimum Gasteiger partial charge on any atom is -0.446 e. The molecule has 2 N–H and O–H groups in total. The number of hydrogen-bond acceptors (Lipinski definition) is 12. The lowest BCUT2D eigenvalue weighted by atomic mass is 9.76. The zero-order chi connectivity index (χ0) is 33.6. The number of ether oxygens (including phenoxy) is 1. The number of nitrogens with one attached hydrogen (secondary N) is 2. The number of esters is 1. The summed E-state index contributed by atoms with van der Waals surface area (Å²) in [6.07, 6.45) is -0.462. The van der Waals surface area contributed by atoms with Crippen molar-refractivity contribution in [2.45, 2.75) is 50.4 Å². The number of hydroxylamine groups is 2. The van der Waals surface area contributed by atoms with Crippen LogP contribution in [0.25, 0.3) is 0 Å². The molecular weight excluding hydrogens is 654 g/mol. The van der Waals surface area contributed by atoms with E-state index in [9.17, 15) is 24.0 Å². The number of aromatic nitrogens is 1. The van der Waals surface area contributed by atoms with Crippen LogP contribution in [-0.2, 0) is 43.2 Å². The summed E-state index contributed by atoms with van der Waals surface area (Å²) in [5.74, 6) is -4.93. The van der Waals surface area contributed by atoms with Crippen molar-refractivity contribution in [3.8, 4) is 0 Å². The number of halogens is 1. The van der Waals surface area contributed by atoms with Crippen LogP contribution in [0.15, 0.2) is 71.2 Å². The van der Waals surface area contributed by atoms with Gasteiger partial charge in [-0.3, -0.25) is 19.2 Å². The van der Waals surface area contributed by atoms with E-state index in [-0.39, 0.29) is 35.3 Å². The van der Waals surface area contributed by atoms with E-state index >= 15 is 0 Å². The Bertz CT molecular complexity index is 1630. The molecular formula is C31H30ClN5O9S. The first kappa shape index (κ1) is 33.5. The molecule has 16 heteroatoms. The van der Waals surface area contributed by atoms with Gasteiger partial charge in [0.25, 0.3) is 5.91 Å². The molecule has 0 aliphatic carbocycles. The molecule has 2 saturated heterocycles. The molecule has 3 amide bonds. The highest BCUT2D eigenvalue weighted by molar-refractivity contribution is 7.14. The molecule has 3 heterocycles. The molecule has 246 valence electrons. The fraction of sp³-hybridized carbons (Fsp3) is 0.323.